The average Bonchev–Trinajstić information content (AvgIpc) is 2.78. The second-order valence-corrected chi connectivity index (χ2v) is 5.44. The number of carboxylic acids is 1. The molecule has 1 aromatic carbocycles. The number of carboxylic acid groups (broad SMARTS) is 1. The van der Waals surface area contributed by atoms with Gasteiger partial charge in [0, 0.05) is 17.5 Å². The summed E-state index contributed by atoms with van der Waals surface area (Å²) >= 11 is 0. The normalized spacial score (nSPS) is 11.7. The summed E-state index contributed by atoms with van der Waals surface area (Å²) in [4.78, 5) is 14.8. The van der Waals surface area contributed by atoms with Crippen molar-refractivity contribution in [3.05, 3.63) is 41.2 Å². The molecular weight excluding hydrogens is 287 g/mol. The molecule has 2 rings (SSSR count). The number of rotatable bonds is 2. The maximum absolute atomic E-state index is 13.9. The van der Waals surface area contributed by atoms with Gasteiger partial charge in [-0.1, -0.05) is 20.8 Å². The second-order valence-electron chi connectivity index (χ2n) is 5.44. The molecule has 1 heterocycles. The van der Waals surface area contributed by atoms with Crippen molar-refractivity contribution in [2.75, 3.05) is 0 Å². The Morgan fingerprint density at radius 3 is 2.24 bits per heavy atom. The maximum Gasteiger partial charge on any atom is 0.375 e. The number of halogens is 3. The molecule has 0 unspecified atom stereocenters. The molecule has 21 heavy (non-hydrogen) atoms. The second kappa shape index (κ2) is 4.87. The Hall–Kier alpha value is -2.38. The highest BCUT2D eigenvalue weighted by Gasteiger charge is 2.27. The average molecular weight is 299 g/mol. The van der Waals surface area contributed by atoms with Crippen LogP contribution in [0.5, 0.6) is 0 Å². The van der Waals surface area contributed by atoms with E-state index < -0.39 is 40.3 Å². The van der Waals surface area contributed by atoms with Crippen LogP contribution in [0.3, 0.4) is 0 Å². The lowest BCUT2D eigenvalue weighted by Gasteiger charge is -2.18. The Labute approximate surface area is 118 Å². The van der Waals surface area contributed by atoms with Crippen molar-refractivity contribution in [1.29, 1.82) is 0 Å². The van der Waals surface area contributed by atoms with Crippen LogP contribution in [0.15, 0.2) is 12.1 Å². The summed E-state index contributed by atoms with van der Waals surface area (Å²) in [6, 6.07) is 0.986. The van der Waals surface area contributed by atoms with Crippen molar-refractivity contribution in [3.8, 4) is 5.69 Å². The van der Waals surface area contributed by atoms with E-state index in [4.69, 9.17) is 5.11 Å². The van der Waals surface area contributed by atoms with Crippen LogP contribution in [-0.4, -0.2) is 25.8 Å². The lowest BCUT2D eigenvalue weighted by molar-refractivity contribution is 0.0683. The molecule has 0 aliphatic carbocycles. The van der Waals surface area contributed by atoms with Crippen molar-refractivity contribution in [2.45, 2.75) is 26.2 Å². The third-order valence-electron chi connectivity index (χ3n) is 2.69. The van der Waals surface area contributed by atoms with Gasteiger partial charge in [-0.25, -0.2) is 27.6 Å². The molecule has 0 amide bonds. The van der Waals surface area contributed by atoms with Gasteiger partial charge in [0.15, 0.2) is 17.5 Å². The molecule has 5 nitrogen and oxygen atoms in total. The van der Waals surface area contributed by atoms with E-state index >= 15 is 0 Å². The molecule has 0 fully saturated rings. The van der Waals surface area contributed by atoms with Gasteiger partial charge in [0.1, 0.15) is 11.5 Å². The highest BCUT2D eigenvalue weighted by Crippen LogP contribution is 2.25. The van der Waals surface area contributed by atoms with Gasteiger partial charge in [0.2, 0.25) is 0 Å². The SMILES string of the molecule is CC(C)(C)c1nc(C(=O)O)nn1-c1cc(F)c(F)cc1F. The number of hydrogen-bond donors (Lipinski definition) is 1. The van der Waals surface area contributed by atoms with Gasteiger partial charge in [-0.3, -0.25) is 0 Å². The minimum Gasteiger partial charge on any atom is -0.475 e. The Morgan fingerprint density at radius 1 is 1.14 bits per heavy atom. The summed E-state index contributed by atoms with van der Waals surface area (Å²) in [5.41, 5.74) is -1.09. The first kappa shape index (κ1) is 15.0. The van der Waals surface area contributed by atoms with Crippen molar-refractivity contribution in [1.82, 2.24) is 14.8 Å². The molecule has 2 aromatic rings. The third-order valence-corrected chi connectivity index (χ3v) is 2.69. The molecular formula is C13H12F3N3O2. The van der Waals surface area contributed by atoms with Gasteiger partial charge in [-0.15, -0.1) is 5.10 Å². The van der Waals surface area contributed by atoms with Crippen molar-refractivity contribution in [2.24, 2.45) is 0 Å². The molecule has 0 atom stereocenters. The molecule has 0 radical (unpaired) electrons. The van der Waals surface area contributed by atoms with Gasteiger partial charge < -0.3 is 5.11 Å². The van der Waals surface area contributed by atoms with E-state index in [2.05, 4.69) is 10.1 Å². The first-order valence-electron chi connectivity index (χ1n) is 5.97. The lowest BCUT2D eigenvalue weighted by Crippen LogP contribution is -2.19. The fourth-order valence-electron chi connectivity index (χ4n) is 1.73. The smallest absolute Gasteiger partial charge is 0.375 e. The minimum atomic E-state index is -1.40. The fourth-order valence-corrected chi connectivity index (χ4v) is 1.73. The molecule has 0 aliphatic heterocycles. The highest BCUT2D eigenvalue weighted by molar-refractivity contribution is 5.83. The topological polar surface area (TPSA) is 68.0 Å². The van der Waals surface area contributed by atoms with Crippen LogP contribution in [0.25, 0.3) is 5.69 Å². The summed E-state index contributed by atoms with van der Waals surface area (Å²) in [6.07, 6.45) is 0. The van der Waals surface area contributed by atoms with E-state index in [0.717, 1.165) is 4.68 Å². The monoisotopic (exact) mass is 299 g/mol. The van der Waals surface area contributed by atoms with E-state index in [-0.39, 0.29) is 5.82 Å². The molecule has 112 valence electrons. The number of aromatic nitrogens is 3. The Kier molecular flexibility index (Phi) is 3.48. The summed E-state index contributed by atoms with van der Waals surface area (Å²) in [6.45, 7) is 5.12. The van der Waals surface area contributed by atoms with Crippen molar-refractivity contribution >= 4 is 5.97 Å². The fraction of sp³-hybridized carbons (Fsp3) is 0.308. The quantitative estimate of drug-likeness (QED) is 0.866. The molecule has 1 N–H and O–H groups in total. The van der Waals surface area contributed by atoms with Crippen LogP contribution in [0, 0.1) is 17.5 Å². The predicted molar refractivity (Wildman–Crippen MR) is 66.9 cm³/mol. The van der Waals surface area contributed by atoms with Crippen molar-refractivity contribution < 1.29 is 23.1 Å². The van der Waals surface area contributed by atoms with Crippen LogP contribution >= 0.6 is 0 Å². The first-order chi connectivity index (χ1) is 9.61. The Balaban J connectivity index is 2.74. The number of hydrogen-bond acceptors (Lipinski definition) is 3. The van der Waals surface area contributed by atoms with E-state index in [1.165, 1.54) is 0 Å². The summed E-state index contributed by atoms with van der Waals surface area (Å²) in [7, 11) is 0. The van der Waals surface area contributed by atoms with Crippen LogP contribution in [0.1, 0.15) is 37.2 Å². The number of nitrogens with zero attached hydrogens (tertiary/aromatic N) is 3. The largest absolute Gasteiger partial charge is 0.475 e. The molecule has 0 spiro atoms. The molecule has 0 saturated heterocycles. The van der Waals surface area contributed by atoms with Gasteiger partial charge in [0.05, 0.1) is 0 Å². The highest BCUT2D eigenvalue weighted by atomic mass is 19.2. The maximum atomic E-state index is 13.9. The van der Waals surface area contributed by atoms with Crippen LogP contribution in [0.4, 0.5) is 13.2 Å². The molecule has 0 bridgehead atoms. The van der Waals surface area contributed by atoms with Gasteiger partial charge in [0.25, 0.3) is 5.82 Å². The molecule has 0 saturated carbocycles. The molecule has 0 aliphatic rings. The third kappa shape index (κ3) is 2.74. The van der Waals surface area contributed by atoms with Crippen LogP contribution in [-0.2, 0) is 5.41 Å². The zero-order valence-electron chi connectivity index (χ0n) is 11.5. The first-order valence-corrected chi connectivity index (χ1v) is 5.97. The minimum absolute atomic E-state index is 0.116. The zero-order valence-corrected chi connectivity index (χ0v) is 11.5. The van der Waals surface area contributed by atoms with Crippen LogP contribution < -0.4 is 0 Å². The molecule has 1 aromatic heterocycles. The van der Waals surface area contributed by atoms with Crippen molar-refractivity contribution in [3.63, 3.8) is 0 Å². The van der Waals surface area contributed by atoms with E-state index in [0.29, 0.717) is 12.1 Å². The van der Waals surface area contributed by atoms with E-state index in [9.17, 15) is 18.0 Å². The van der Waals surface area contributed by atoms with Gasteiger partial charge in [-0.05, 0) is 0 Å². The zero-order chi connectivity index (χ0) is 15.9. The Bertz CT molecular complexity index is 720. The Morgan fingerprint density at radius 2 is 1.71 bits per heavy atom. The number of benzene rings is 1. The number of aromatic carboxylic acids is 1. The predicted octanol–water partition coefficient (Wildman–Crippen LogP) is 2.68. The summed E-state index contributed by atoms with van der Waals surface area (Å²) in [5.74, 6) is -5.51. The van der Waals surface area contributed by atoms with E-state index in [1.807, 2.05) is 0 Å². The number of carbonyl (C=O) groups is 1. The van der Waals surface area contributed by atoms with E-state index in [1.54, 1.807) is 20.8 Å². The summed E-state index contributed by atoms with van der Waals surface area (Å²) in [5, 5.41) is 12.6. The lowest BCUT2D eigenvalue weighted by atomic mass is 9.95. The molecule has 8 heteroatoms. The summed E-state index contributed by atoms with van der Waals surface area (Å²) < 4.78 is 41.0. The van der Waals surface area contributed by atoms with Gasteiger partial charge >= 0.3 is 5.97 Å². The van der Waals surface area contributed by atoms with Gasteiger partial charge in [-0.2, -0.15) is 0 Å². The van der Waals surface area contributed by atoms with Crippen LogP contribution in [0.2, 0.25) is 0 Å². The standard InChI is InChI=1S/C13H12F3N3O2/c1-13(2,3)12-17-10(11(20)21)18-19(12)9-5-7(15)6(14)4-8(9)16/h4-5H,1-3H3,(H,20,21).